The first-order chi connectivity index (χ1) is 7.15. The summed E-state index contributed by atoms with van der Waals surface area (Å²) in [5.74, 6) is 0.320. The minimum Gasteiger partial charge on any atom is -0.310 e. The van der Waals surface area contributed by atoms with Crippen LogP contribution in [-0.2, 0) is 11.2 Å². The fourth-order valence-corrected chi connectivity index (χ4v) is 1.50. The predicted octanol–water partition coefficient (Wildman–Crippen LogP) is 1.44. The molecule has 3 nitrogen and oxygen atoms in total. The van der Waals surface area contributed by atoms with E-state index in [1.54, 1.807) is 12.4 Å². The van der Waals surface area contributed by atoms with Gasteiger partial charge in [-0.2, -0.15) is 0 Å². The maximum atomic E-state index is 11.8. The molecule has 3 heteroatoms. The highest BCUT2D eigenvalue weighted by atomic mass is 16.1. The van der Waals surface area contributed by atoms with Crippen molar-refractivity contribution >= 4 is 5.78 Å². The second kappa shape index (κ2) is 5.61. The topological polar surface area (TPSA) is 42.0 Å². The first kappa shape index (κ1) is 11.9. The molecule has 0 saturated heterocycles. The lowest BCUT2D eigenvalue weighted by atomic mass is 9.97. The zero-order chi connectivity index (χ0) is 11.3. The number of ketones is 1. The van der Waals surface area contributed by atoms with E-state index in [9.17, 15) is 4.79 Å². The lowest BCUT2D eigenvalue weighted by Crippen LogP contribution is -2.38. The Labute approximate surface area is 90.9 Å². The van der Waals surface area contributed by atoms with Gasteiger partial charge in [0.2, 0.25) is 0 Å². The summed E-state index contributed by atoms with van der Waals surface area (Å²) in [6, 6.07) is 3.78. The van der Waals surface area contributed by atoms with Gasteiger partial charge in [0, 0.05) is 18.3 Å². The van der Waals surface area contributed by atoms with Crippen LogP contribution in [-0.4, -0.2) is 23.9 Å². The molecule has 15 heavy (non-hydrogen) atoms. The van der Waals surface area contributed by atoms with E-state index in [1.807, 2.05) is 33.0 Å². The summed E-state index contributed by atoms with van der Waals surface area (Å²) in [6.45, 7) is 3.85. The molecule has 1 aromatic rings. The number of hydrogen-bond donors (Lipinski definition) is 1. The zero-order valence-corrected chi connectivity index (χ0v) is 9.53. The summed E-state index contributed by atoms with van der Waals surface area (Å²) in [4.78, 5) is 15.8. The van der Waals surface area contributed by atoms with Crippen molar-refractivity contribution < 1.29 is 4.79 Å². The molecule has 0 radical (unpaired) electrons. The van der Waals surface area contributed by atoms with Gasteiger partial charge in [0.25, 0.3) is 0 Å². The second-order valence-electron chi connectivity index (χ2n) is 3.96. The smallest absolute Gasteiger partial charge is 0.152 e. The first-order valence-corrected chi connectivity index (χ1v) is 5.25. The van der Waals surface area contributed by atoms with Crippen molar-refractivity contribution in [3.63, 3.8) is 0 Å². The maximum Gasteiger partial charge on any atom is 0.152 e. The highest BCUT2D eigenvalue weighted by Crippen LogP contribution is 2.06. The van der Waals surface area contributed by atoms with Crippen molar-refractivity contribution in [1.82, 2.24) is 10.3 Å². The lowest BCUT2D eigenvalue weighted by Gasteiger charge is -2.16. The van der Waals surface area contributed by atoms with Gasteiger partial charge < -0.3 is 5.32 Å². The highest BCUT2D eigenvalue weighted by molar-refractivity contribution is 5.85. The number of likely N-dealkylation sites (N-methyl/N-ethyl adjacent to an activating group) is 1. The first-order valence-electron chi connectivity index (χ1n) is 5.25. The van der Waals surface area contributed by atoms with Gasteiger partial charge in [0.1, 0.15) is 0 Å². The minimum atomic E-state index is -0.103. The van der Waals surface area contributed by atoms with E-state index < -0.39 is 0 Å². The molecule has 0 spiro atoms. The van der Waals surface area contributed by atoms with Crippen molar-refractivity contribution in [2.75, 3.05) is 7.05 Å². The number of pyridine rings is 1. The third-order valence-electron chi connectivity index (χ3n) is 2.42. The van der Waals surface area contributed by atoms with Crippen LogP contribution in [0.25, 0.3) is 0 Å². The van der Waals surface area contributed by atoms with E-state index in [-0.39, 0.29) is 17.7 Å². The third kappa shape index (κ3) is 3.44. The summed E-state index contributed by atoms with van der Waals surface area (Å²) in [5, 5.41) is 3.05. The zero-order valence-electron chi connectivity index (χ0n) is 9.53. The Bertz CT molecular complexity index is 309. The van der Waals surface area contributed by atoms with Crippen molar-refractivity contribution in [3.8, 4) is 0 Å². The van der Waals surface area contributed by atoms with E-state index in [4.69, 9.17) is 0 Å². The van der Waals surface area contributed by atoms with Gasteiger partial charge in [-0.05, 0) is 25.1 Å². The van der Waals surface area contributed by atoms with Crippen LogP contribution in [0.2, 0.25) is 0 Å². The molecule has 0 unspecified atom stereocenters. The third-order valence-corrected chi connectivity index (χ3v) is 2.42. The molecule has 1 atom stereocenters. The Hall–Kier alpha value is -1.22. The molecule has 82 valence electrons. The monoisotopic (exact) mass is 206 g/mol. The van der Waals surface area contributed by atoms with Gasteiger partial charge in [-0.15, -0.1) is 0 Å². The summed E-state index contributed by atoms with van der Waals surface area (Å²) in [7, 11) is 1.82. The summed E-state index contributed by atoms with van der Waals surface area (Å²) < 4.78 is 0. The molecule has 0 fully saturated rings. The number of hydrogen-bond acceptors (Lipinski definition) is 3. The van der Waals surface area contributed by atoms with E-state index >= 15 is 0 Å². The van der Waals surface area contributed by atoms with E-state index in [2.05, 4.69) is 10.3 Å². The molecule has 0 aromatic carbocycles. The number of carbonyl (C=O) groups is 1. The van der Waals surface area contributed by atoms with Gasteiger partial charge in [0.15, 0.2) is 5.78 Å². The van der Waals surface area contributed by atoms with Crippen LogP contribution < -0.4 is 5.32 Å². The number of carbonyl (C=O) groups excluding carboxylic acids is 1. The Morgan fingerprint density at radius 3 is 2.73 bits per heavy atom. The highest BCUT2D eigenvalue weighted by Gasteiger charge is 2.19. The fourth-order valence-electron chi connectivity index (χ4n) is 1.50. The van der Waals surface area contributed by atoms with Crippen LogP contribution in [0.5, 0.6) is 0 Å². The summed E-state index contributed by atoms with van der Waals surface area (Å²) >= 11 is 0. The Kier molecular flexibility index (Phi) is 4.43. The van der Waals surface area contributed by atoms with Crippen LogP contribution in [0.3, 0.4) is 0 Å². The normalized spacial score (nSPS) is 12.8. The summed E-state index contributed by atoms with van der Waals surface area (Å²) in [5.41, 5.74) is 1.09. The lowest BCUT2D eigenvalue weighted by molar-refractivity contribution is -0.123. The molecule has 1 N–H and O–H groups in total. The number of aromatic nitrogens is 1. The average Bonchev–Trinajstić information content (AvgIpc) is 2.26. The Morgan fingerprint density at radius 1 is 1.53 bits per heavy atom. The average molecular weight is 206 g/mol. The van der Waals surface area contributed by atoms with E-state index in [0.717, 1.165) is 5.56 Å². The van der Waals surface area contributed by atoms with Crippen LogP contribution >= 0.6 is 0 Å². The van der Waals surface area contributed by atoms with Gasteiger partial charge >= 0.3 is 0 Å². The molecular weight excluding hydrogens is 188 g/mol. The quantitative estimate of drug-likeness (QED) is 0.792. The van der Waals surface area contributed by atoms with Gasteiger partial charge in [0.05, 0.1) is 6.04 Å². The largest absolute Gasteiger partial charge is 0.310 e. The Morgan fingerprint density at radius 2 is 2.27 bits per heavy atom. The van der Waals surface area contributed by atoms with Crippen molar-refractivity contribution in [1.29, 1.82) is 0 Å². The Balaban J connectivity index is 2.66. The van der Waals surface area contributed by atoms with Gasteiger partial charge in [-0.3, -0.25) is 9.78 Å². The van der Waals surface area contributed by atoms with Crippen LogP contribution in [0, 0.1) is 5.92 Å². The van der Waals surface area contributed by atoms with Crippen LogP contribution in [0.15, 0.2) is 24.5 Å². The van der Waals surface area contributed by atoms with E-state index in [0.29, 0.717) is 6.42 Å². The molecule has 1 heterocycles. The fraction of sp³-hybridized carbons (Fsp3) is 0.500. The standard InChI is InChI=1S/C12H18N2O/c1-9(2)12(15)11(13-3)7-10-5-4-6-14-8-10/h4-6,8-9,11,13H,7H2,1-3H3/t11-/m0/s1. The van der Waals surface area contributed by atoms with Gasteiger partial charge in [-0.1, -0.05) is 19.9 Å². The molecule has 1 aromatic heterocycles. The summed E-state index contributed by atoms with van der Waals surface area (Å²) in [6.07, 6.45) is 4.25. The number of Topliss-reactive ketones (excluding diaryl/α,β-unsaturated/α-hetero) is 1. The number of nitrogens with one attached hydrogen (secondary N) is 1. The number of rotatable bonds is 5. The van der Waals surface area contributed by atoms with Crippen molar-refractivity contribution in [2.45, 2.75) is 26.3 Å². The van der Waals surface area contributed by atoms with E-state index in [1.165, 1.54) is 0 Å². The minimum absolute atomic E-state index is 0.0686. The molecule has 0 aliphatic heterocycles. The van der Waals surface area contributed by atoms with Crippen molar-refractivity contribution in [3.05, 3.63) is 30.1 Å². The molecule has 0 amide bonds. The molecule has 0 aliphatic rings. The number of nitrogens with zero attached hydrogens (tertiary/aromatic N) is 1. The molecule has 0 saturated carbocycles. The predicted molar refractivity (Wildman–Crippen MR) is 60.6 cm³/mol. The molecule has 0 bridgehead atoms. The van der Waals surface area contributed by atoms with Crippen LogP contribution in [0.4, 0.5) is 0 Å². The molecule has 0 aliphatic carbocycles. The molecule has 1 rings (SSSR count). The van der Waals surface area contributed by atoms with Gasteiger partial charge in [-0.25, -0.2) is 0 Å². The van der Waals surface area contributed by atoms with Crippen molar-refractivity contribution in [2.24, 2.45) is 5.92 Å². The SMILES string of the molecule is CN[C@@H](Cc1cccnc1)C(=O)C(C)C. The molecular formula is C12H18N2O. The van der Waals surface area contributed by atoms with Crippen LogP contribution in [0.1, 0.15) is 19.4 Å². The second-order valence-corrected chi connectivity index (χ2v) is 3.96. The maximum absolute atomic E-state index is 11.8.